The standard InChI is InChI=1S/C15H10N4O2/c16-6-11-14-10(7-17-15(11)18-8-13(20)21)5-9-3-1-2-4-12(9)19-14/h1-5,7H,8H2,(H,17,18)(H,20,21). The number of carbonyl (C=O) groups is 1. The van der Waals surface area contributed by atoms with E-state index in [2.05, 4.69) is 15.3 Å². The average molecular weight is 278 g/mol. The molecule has 0 saturated heterocycles. The summed E-state index contributed by atoms with van der Waals surface area (Å²) in [6.45, 7) is -0.305. The van der Waals surface area contributed by atoms with Crippen LogP contribution in [-0.2, 0) is 4.79 Å². The number of pyridine rings is 2. The third-order valence-electron chi connectivity index (χ3n) is 3.08. The van der Waals surface area contributed by atoms with Crippen molar-refractivity contribution in [2.75, 3.05) is 11.9 Å². The van der Waals surface area contributed by atoms with E-state index in [4.69, 9.17) is 5.11 Å². The second-order valence-corrected chi connectivity index (χ2v) is 4.46. The first kappa shape index (κ1) is 12.8. The minimum Gasteiger partial charge on any atom is -0.480 e. The molecule has 1 aromatic carbocycles. The Morgan fingerprint density at radius 3 is 2.90 bits per heavy atom. The van der Waals surface area contributed by atoms with Gasteiger partial charge in [-0.1, -0.05) is 18.2 Å². The predicted molar refractivity (Wildman–Crippen MR) is 77.9 cm³/mol. The fourth-order valence-corrected chi connectivity index (χ4v) is 2.14. The Morgan fingerprint density at radius 1 is 1.33 bits per heavy atom. The summed E-state index contributed by atoms with van der Waals surface area (Å²) in [5.74, 6) is -0.789. The summed E-state index contributed by atoms with van der Waals surface area (Å²) in [5.41, 5.74) is 1.54. The van der Waals surface area contributed by atoms with Crippen molar-refractivity contribution in [1.82, 2.24) is 9.97 Å². The monoisotopic (exact) mass is 278 g/mol. The molecule has 3 rings (SSSR count). The maximum absolute atomic E-state index is 10.6. The number of fused-ring (bicyclic) bond motifs is 2. The van der Waals surface area contributed by atoms with E-state index in [0.29, 0.717) is 5.52 Å². The zero-order chi connectivity index (χ0) is 14.8. The van der Waals surface area contributed by atoms with Crippen LogP contribution < -0.4 is 5.32 Å². The molecule has 0 saturated carbocycles. The summed E-state index contributed by atoms with van der Waals surface area (Å²) in [7, 11) is 0. The number of carboxylic acid groups (broad SMARTS) is 1. The van der Waals surface area contributed by atoms with Crippen LogP contribution >= 0.6 is 0 Å². The normalized spacial score (nSPS) is 10.4. The molecule has 0 aliphatic heterocycles. The Balaban J connectivity index is 2.22. The van der Waals surface area contributed by atoms with Gasteiger partial charge in [0.25, 0.3) is 0 Å². The lowest BCUT2D eigenvalue weighted by Gasteiger charge is -2.08. The van der Waals surface area contributed by atoms with Crippen LogP contribution in [0.1, 0.15) is 5.56 Å². The number of nitriles is 1. The van der Waals surface area contributed by atoms with Crippen molar-refractivity contribution in [2.45, 2.75) is 0 Å². The number of hydrogen-bond acceptors (Lipinski definition) is 5. The van der Waals surface area contributed by atoms with Gasteiger partial charge in [0.05, 0.1) is 11.0 Å². The van der Waals surface area contributed by atoms with Gasteiger partial charge in [0.15, 0.2) is 0 Å². The van der Waals surface area contributed by atoms with Crippen LogP contribution in [0.5, 0.6) is 0 Å². The van der Waals surface area contributed by atoms with Crippen LogP contribution in [0, 0.1) is 11.3 Å². The highest BCUT2D eigenvalue weighted by molar-refractivity contribution is 5.96. The molecular weight excluding hydrogens is 268 g/mol. The van der Waals surface area contributed by atoms with Crippen LogP contribution in [0.4, 0.5) is 5.82 Å². The molecule has 0 atom stereocenters. The first-order valence-corrected chi connectivity index (χ1v) is 6.23. The summed E-state index contributed by atoms with van der Waals surface area (Å²) < 4.78 is 0. The Bertz CT molecular complexity index is 899. The Morgan fingerprint density at radius 2 is 2.14 bits per heavy atom. The van der Waals surface area contributed by atoms with Crippen molar-refractivity contribution in [3.63, 3.8) is 0 Å². The first-order chi connectivity index (χ1) is 10.2. The van der Waals surface area contributed by atoms with E-state index in [1.165, 1.54) is 0 Å². The van der Waals surface area contributed by atoms with Crippen LogP contribution in [0.25, 0.3) is 21.8 Å². The number of aromatic nitrogens is 2. The average Bonchev–Trinajstić information content (AvgIpc) is 2.50. The number of nitrogens with one attached hydrogen (secondary N) is 1. The summed E-state index contributed by atoms with van der Waals surface area (Å²) in [6.07, 6.45) is 1.58. The van der Waals surface area contributed by atoms with Crippen molar-refractivity contribution in [1.29, 1.82) is 5.26 Å². The summed E-state index contributed by atoms with van der Waals surface area (Å²) >= 11 is 0. The van der Waals surface area contributed by atoms with Crippen molar-refractivity contribution >= 4 is 33.6 Å². The van der Waals surface area contributed by atoms with Crippen LogP contribution in [0.2, 0.25) is 0 Å². The molecule has 0 spiro atoms. The van der Waals surface area contributed by atoms with E-state index in [0.717, 1.165) is 16.3 Å². The minimum atomic E-state index is -1.02. The zero-order valence-electron chi connectivity index (χ0n) is 10.9. The van der Waals surface area contributed by atoms with E-state index in [9.17, 15) is 10.1 Å². The third kappa shape index (κ3) is 2.32. The molecule has 0 bridgehead atoms. The number of hydrogen-bond donors (Lipinski definition) is 2. The SMILES string of the molecule is N#Cc1c(NCC(=O)O)ncc2cc3ccccc3nc12. The number of anilines is 1. The topological polar surface area (TPSA) is 98.9 Å². The largest absolute Gasteiger partial charge is 0.480 e. The van der Waals surface area contributed by atoms with E-state index in [1.54, 1.807) is 6.20 Å². The molecule has 2 N–H and O–H groups in total. The Hall–Kier alpha value is -3.20. The summed E-state index contributed by atoms with van der Waals surface area (Å²) in [4.78, 5) is 19.2. The predicted octanol–water partition coefficient (Wildman–Crippen LogP) is 2.15. The summed E-state index contributed by atoms with van der Waals surface area (Å²) in [5, 5.41) is 22.4. The fraction of sp³-hybridized carbons (Fsp3) is 0.0667. The van der Waals surface area contributed by atoms with Gasteiger partial charge < -0.3 is 10.4 Å². The second-order valence-electron chi connectivity index (χ2n) is 4.46. The molecule has 0 amide bonds. The highest BCUT2D eigenvalue weighted by Crippen LogP contribution is 2.25. The molecule has 102 valence electrons. The van der Waals surface area contributed by atoms with Crippen LogP contribution in [0.3, 0.4) is 0 Å². The molecule has 0 unspecified atom stereocenters. The molecular formula is C15H10N4O2. The fourth-order valence-electron chi connectivity index (χ4n) is 2.14. The van der Waals surface area contributed by atoms with Crippen LogP contribution in [-0.4, -0.2) is 27.6 Å². The highest BCUT2D eigenvalue weighted by Gasteiger charge is 2.12. The van der Waals surface area contributed by atoms with Crippen LogP contribution in [0.15, 0.2) is 36.5 Å². The zero-order valence-corrected chi connectivity index (χ0v) is 10.9. The second kappa shape index (κ2) is 5.06. The first-order valence-electron chi connectivity index (χ1n) is 6.23. The molecule has 0 fully saturated rings. The highest BCUT2D eigenvalue weighted by atomic mass is 16.4. The number of rotatable bonds is 3. The Labute approximate surface area is 119 Å². The number of carboxylic acids is 1. The molecule has 21 heavy (non-hydrogen) atoms. The van der Waals surface area contributed by atoms with Gasteiger partial charge in [-0.2, -0.15) is 5.26 Å². The lowest BCUT2D eigenvalue weighted by Crippen LogP contribution is -2.14. The van der Waals surface area contributed by atoms with Gasteiger partial charge >= 0.3 is 5.97 Å². The third-order valence-corrected chi connectivity index (χ3v) is 3.08. The van der Waals surface area contributed by atoms with Crippen molar-refractivity contribution in [3.05, 3.63) is 42.1 Å². The van der Waals surface area contributed by atoms with E-state index < -0.39 is 5.97 Å². The van der Waals surface area contributed by atoms with E-state index >= 15 is 0 Å². The number of nitrogens with zero attached hydrogens (tertiary/aromatic N) is 3. The lowest BCUT2D eigenvalue weighted by molar-refractivity contribution is -0.134. The lowest BCUT2D eigenvalue weighted by atomic mass is 10.1. The molecule has 3 aromatic rings. The molecule has 0 aliphatic carbocycles. The number of aliphatic carboxylic acids is 1. The van der Waals surface area contributed by atoms with Gasteiger partial charge in [0, 0.05) is 17.0 Å². The smallest absolute Gasteiger partial charge is 0.322 e. The van der Waals surface area contributed by atoms with Gasteiger partial charge in [-0.15, -0.1) is 0 Å². The van der Waals surface area contributed by atoms with E-state index in [-0.39, 0.29) is 17.9 Å². The van der Waals surface area contributed by atoms with Gasteiger partial charge in [-0.3, -0.25) is 4.79 Å². The minimum absolute atomic E-state index is 0.232. The summed E-state index contributed by atoms with van der Waals surface area (Å²) in [6, 6.07) is 11.5. The van der Waals surface area contributed by atoms with Gasteiger partial charge in [-0.25, -0.2) is 9.97 Å². The van der Waals surface area contributed by atoms with Crippen molar-refractivity contribution < 1.29 is 9.90 Å². The molecule has 0 aliphatic rings. The maximum Gasteiger partial charge on any atom is 0.322 e. The van der Waals surface area contributed by atoms with E-state index in [1.807, 2.05) is 36.4 Å². The maximum atomic E-state index is 10.6. The van der Waals surface area contributed by atoms with Gasteiger partial charge in [0.1, 0.15) is 24.0 Å². The molecule has 0 radical (unpaired) electrons. The quantitative estimate of drug-likeness (QED) is 0.712. The number of benzene rings is 1. The molecule has 2 heterocycles. The van der Waals surface area contributed by atoms with Gasteiger partial charge in [-0.05, 0) is 12.1 Å². The molecule has 6 nitrogen and oxygen atoms in total. The van der Waals surface area contributed by atoms with Gasteiger partial charge in [0.2, 0.25) is 0 Å². The molecule has 2 aromatic heterocycles. The Kier molecular flexibility index (Phi) is 3.09. The number of para-hydroxylation sites is 1. The van der Waals surface area contributed by atoms with Crippen molar-refractivity contribution in [2.24, 2.45) is 0 Å². The van der Waals surface area contributed by atoms with Crippen molar-refractivity contribution in [3.8, 4) is 6.07 Å². The molecule has 6 heteroatoms.